The Bertz CT molecular complexity index is 971. The standard InChI is InChI=1S/C21H25ClN2O4S/c1-15(16-6-8-17(9-7-16)24-12-4-3-5-13-24)23-29(26,27)18-10-11-20(22)19(14-18)21(25)28-2/h6-11,14-15,23H,3-5,12-13H2,1-2H3. The summed E-state index contributed by atoms with van der Waals surface area (Å²) in [6.07, 6.45) is 3.68. The Hall–Kier alpha value is -2.09. The molecule has 29 heavy (non-hydrogen) atoms. The van der Waals surface area contributed by atoms with E-state index in [1.807, 2.05) is 24.3 Å². The molecule has 3 rings (SSSR count). The van der Waals surface area contributed by atoms with E-state index in [9.17, 15) is 13.2 Å². The number of rotatable bonds is 6. The Morgan fingerprint density at radius 2 is 1.76 bits per heavy atom. The van der Waals surface area contributed by atoms with Crippen molar-refractivity contribution in [3.05, 3.63) is 58.6 Å². The van der Waals surface area contributed by atoms with E-state index in [4.69, 9.17) is 11.6 Å². The van der Waals surface area contributed by atoms with Crippen LogP contribution in [0.2, 0.25) is 5.02 Å². The quantitative estimate of drug-likeness (QED) is 0.688. The van der Waals surface area contributed by atoms with E-state index >= 15 is 0 Å². The predicted octanol–water partition coefficient (Wildman–Crippen LogP) is 4.16. The van der Waals surface area contributed by atoms with Crippen LogP contribution < -0.4 is 9.62 Å². The van der Waals surface area contributed by atoms with Gasteiger partial charge in [-0.15, -0.1) is 0 Å². The number of methoxy groups -OCH3 is 1. The average molecular weight is 437 g/mol. The lowest BCUT2D eigenvalue weighted by atomic mass is 10.1. The zero-order chi connectivity index (χ0) is 21.0. The molecule has 156 valence electrons. The van der Waals surface area contributed by atoms with Gasteiger partial charge in [-0.2, -0.15) is 0 Å². The Labute approximate surface area is 176 Å². The number of carbonyl (C=O) groups excluding carboxylic acids is 1. The molecule has 1 aliphatic rings. The number of nitrogens with one attached hydrogen (secondary N) is 1. The highest BCUT2D eigenvalue weighted by molar-refractivity contribution is 7.89. The van der Waals surface area contributed by atoms with Crippen molar-refractivity contribution in [2.45, 2.75) is 37.1 Å². The third-order valence-electron chi connectivity index (χ3n) is 5.10. The van der Waals surface area contributed by atoms with Crippen LogP contribution in [0.1, 0.15) is 48.1 Å². The number of esters is 1. The summed E-state index contributed by atoms with van der Waals surface area (Å²) in [6.45, 7) is 3.89. The van der Waals surface area contributed by atoms with Gasteiger partial charge in [-0.1, -0.05) is 23.7 Å². The summed E-state index contributed by atoms with van der Waals surface area (Å²) in [7, 11) is -2.63. The fraction of sp³-hybridized carbons (Fsp3) is 0.381. The van der Waals surface area contributed by atoms with Gasteiger partial charge in [0.2, 0.25) is 10.0 Å². The van der Waals surface area contributed by atoms with Crippen molar-refractivity contribution in [1.29, 1.82) is 0 Å². The van der Waals surface area contributed by atoms with Gasteiger partial charge in [0.25, 0.3) is 0 Å². The second-order valence-corrected chi connectivity index (χ2v) is 9.24. The second kappa shape index (κ2) is 9.15. The molecule has 2 aromatic rings. The van der Waals surface area contributed by atoms with E-state index < -0.39 is 22.0 Å². The van der Waals surface area contributed by atoms with E-state index in [0.29, 0.717) is 0 Å². The zero-order valence-corrected chi connectivity index (χ0v) is 18.1. The molecule has 1 N–H and O–H groups in total. The van der Waals surface area contributed by atoms with E-state index in [0.717, 1.165) is 24.3 Å². The number of ether oxygens (including phenoxy) is 1. The highest BCUT2D eigenvalue weighted by Gasteiger charge is 2.22. The summed E-state index contributed by atoms with van der Waals surface area (Å²) in [5.41, 5.74) is 2.02. The first-order valence-electron chi connectivity index (χ1n) is 9.57. The van der Waals surface area contributed by atoms with E-state index in [2.05, 4.69) is 14.4 Å². The lowest BCUT2D eigenvalue weighted by Gasteiger charge is -2.29. The molecule has 8 heteroatoms. The normalized spacial score (nSPS) is 15.8. The minimum Gasteiger partial charge on any atom is -0.465 e. The summed E-state index contributed by atoms with van der Waals surface area (Å²) in [5, 5.41) is 0.136. The lowest BCUT2D eigenvalue weighted by molar-refractivity contribution is 0.0600. The van der Waals surface area contributed by atoms with E-state index in [1.54, 1.807) is 6.92 Å². The van der Waals surface area contributed by atoms with Gasteiger partial charge in [-0.05, 0) is 62.1 Å². The Morgan fingerprint density at radius 1 is 1.10 bits per heavy atom. The average Bonchev–Trinajstić information content (AvgIpc) is 2.73. The molecular weight excluding hydrogens is 412 g/mol. The molecule has 0 radical (unpaired) electrons. The topological polar surface area (TPSA) is 75.7 Å². The number of piperidine rings is 1. The van der Waals surface area contributed by atoms with Crippen molar-refractivity contribution in [3.8, 4) is 0 Å². The number of nitrogens with zero attached hydrogens (tertiary/aromatic N) is 1. The number of carbonyl (C=O) groups is 1. The van der Waals surface area contributed by atoms with Crippen LogP contribution in [0.5, 0.6) is 0 Å². The summed E-state index contributed by atoms with van der Waals surface area (Å²) in [4.78, 5) is 14.1. The van der Waals surface area contributed by atoms with Crippen molar-refractivity contribution in [2.75, 3.05) is 25.1 Å². The van der Waals surface area contributed by atoms with Crippen molar-refractivity contribution < 1.29 is 17.9 Å². The maximum Gasteiger partial charge on any atom is 0.339 e. The number of hydrogen-bond acceptors (Lipinski definition) is 5. The van der Waals surface area contributed by atoms with E-state index in [-0.39, 0.29) is 15.5 Å². The highest BCUT2D eigenvalue weighted by atomic mass is 35.5. The molecule has 0 bridgehead atoms. The summed E-state index contributed by atoms with van der Waals surface area (Å²) in [5.74, 6) is -0.687. The first-order chi connectivity index (χ1) is 13.8. The smallest absolute Gasteiger partial charge is 0.339 e. The van der Waals surface area contributed by atoms with Gasteiger partial charge < -0.3 is 9.64 Å². The fourth-order valence-electron chi connectivity index (χ4n) is 3.43. The third-order valence-corrected chi connectivity index (χ3v) is 6.97. The summed E-state index contributed by atoms with van der Waals surface area (Å²) < 4.78 is 32.9. The molecular formula is C21H25ClN2O4S. The van der Waals surface area contributed by atoms with Crippen molar-refractivity contribution >= 4 is 33.3 Å². The van der Waals surface area contributed by atoms with Gasteiger partial charge >= 0.3 is 5.97 Å². The van der Waals surface area contributed by atoms with E-state index in [1.165, 1.54) is 44.6 Å². The first-order valence-corrected chi connectivity index (χ1v) is 11.4. The molecule has 0 spiro atoms. The number of benzene rings is 2. The van der Waals surface area contributed by atoms with Crippen LogP contribution in [-0.4, -0.2) is 34.6 Å². The number of hydrogen-bond donors (Lipinski definition) is 1. The maximum absolute atomic E-state index is 12.8. The lowest BCUT2D eigenvalue weighted by Crippen LogP contribution is -2.29. The molecule has 1 unspecified atom stereocenters. The number of sulfonamides is 1. The summed E-state index contributed by atoms with van der Waals surface area (Å²) in [6, 6.07) is 11.5. The molecule has 1 saturated heterocycles. The minimum absolute atomic E-state index is 0.00980. The Morgan fingerprint density at radius 3 is 2.38 bits per heavy atom. The third kappa shape index (κ3) is 5.10. The minimum atomic E-state index is -3.85. The van der Waals surface area contributed by atoms with Crippen LogP contribution in [-0.2, 0) is 14.8 Å². The van der Waals surface area contributed by atoms with Gasteiger partial charge in [-0.3, -0.25) is 0 Å². The van der Waals surface area contributed by atoms with Crippen LogP contribution in [0.3, 0.4) is 0 Å². The van der Waals surface area contributed by atoms with Crippen LogP contribution in [0.4, 0.5) is 5.69 Å². The molecule has 0 amide bonds. The SMILES string of the molecule is COC(=O)c1cc(S(=O)(=O)NC(C)c2ccc(N3CCCCC3)cc2)ccc1Cl. The molecule has 6 nitrogen and oxygen atoms in total. The molecule has 0 aliphatic carbocycles. The van der Waals surface area contributed by atoms with Crippen molar-refractivity contribution in [2.24, 2.45) is 0 Å². The second-order valence-electron chi connectivity index (χ2n) is 7.12. The fourth-order valence-corrected chi connectivity index (χ4v) is 4.89. The maximum atomic E-state index is 12.8. The molecule has 0 saturated carbocycles. The zero-order valence-electron chi connectivity index (χ0n) is 16.5. The van der Waals surface area contributed by atoms with Crippen LogP contribution in [0.25, 0.3) is 0 Å². The van der Waals surface area contributed by atoms with Gasteiger partial charge in [0.15, 0.2) is 0 Å². The Kier molecular flexibility index (Phi) is 6.82. The molecule has 1 heterocycles. The Balaban J connectivity index is 1.75. The van der Waals surface area contributed by atoms with Gasteiger partial charge in [-0.25, -0.2) is 17.9 Å². The number of anilines is 1. The molecule has 1 fully saturated rings. The predicted molar refractivity (Wildman–Crippen MR) is 114 cm³/mol. The van der Waals surface area contributed by atoms with Crippen LogP contribution >= 0.6 is 11.6 Å². The van der Waals surface area contributed by atoms with Crippen LogP contribution in [0.15, 0.2) is 47.4 Å². The summed E-state index contributed by atoms with van der Waals surface area (Å²) >= 11 is 5.98. The molecule has 0 aromatic heterocycles. The molecule has 2 aromatic carbocycles. The molecule has 1 aliphatic heterocycles. The van der Waals surface area contributed by atoms with Crippen molar-refractivity contribution in [3.63, 3.8) is 0 Å². The first kappa shape index (κ1) is 21.6. The van der Waals surface area contributed by atoms with Gasteiger partial charge in [0.1, 0.15) is 0 Å². The monoisotopic (exact) mass is 436 g/mol. The van der Waals surface area contributed by atoms with Gasteiger partial charge in [0.05, 0.1) is 22.6 Å². The largest absolute Gasteiger partial charge is 0.465 e. The molecule has 1 atom stereocenters. The number of halogens is 1. The van der Waals surface area contributed by atoms with Crippen molar-refractivity contribution in [1.82, 2.24) is 4.72 Å². The highest BCUT2D eigenvalue weighted by Crippen LogP contribution is 2.25. The van der Waals surface area contributed by atoms with Gasteiger partial charge in [0, 0.05) is 24.8 Å². The van der Waals surface area contributed by atoms with Crippen LogP contribution in [0, 0.1) is 0 Å².